The molecular formula is C13H15FN2O3S. The van der Waals surface area contributed by atoms with Crippen molar-refractivity contribution in [3.05, 3.63) is 30.1 Å². The number of nitrogens with zero attached hydrogens (tertiary/aromatic N) is 1. The first kappa shape index (κ1) is 13.5. The van der Waals surface area contributed by atoms with Gasteiger partial charge in [-0.15, -0.1) is 0 Å². The molecule has 2 bridgehead atoms. The highest BCUT2D eigenvalue weighted by atomic mass is 32.2. The fraction of sp³-hybridized carbons (Fsp3) is 0.462. The average Bonchev–Trinajstić information content (AvgIpc) is 2.93. The van der Waals surface area contributed by atoms with Gasteiger partial charge in [0.25, 0.3) is 0 Å². The van der Waals surface area contributed by atoms with Gasteiger partial charge in [-0.05, 0) is 43.0 Å². The van der Waals surface area contributed by atoms with Crippen molar-refractivity contribution >= 4 is 15.9 Å². The quantitative estimate of drug-likeness (QED) is 0.894. The Morgan fingerprint density at radius 2 is 1.90 bits per heavy atom. The Hall–Kier alpha value is -1.47. The maximum Gasteiger partial charge on any atom is 0.244 e. The normalized spacial score (nSPS) is 29.0. The van der Waals surface area contributed by atoms with Crippen molar-refractivity contribution in [3.63, 3.8) is 0 Å². The van der Waals surface area contributed by atoms with E-state index in [4.69, 9.17) is 0 Å². The molecular weight excluding hydrogens is 283 g/mol. The molecule has 0 unspecified atom stereocenters. The number of amides is 1. The summed E-state index contributed by atoms with van der Waals surface area (Å²) in [6.07, 6.45) is 1.44. The second-order valence-electron chi connectivity index (χ2n) is 5.23. The summed E-state index contributed by atoms with van der Waals surface area (Å²) in [4.78, 5) is 11.9. The van der Waals surface area contributed by atoms with Crippen LogP contribution in [0.25, 0.3) is 0 Å². The predicted octanol–water partition coefficient (Wildman–Crippen LogP) is 0.723. The van der Waals surface area contributed by atoms with Crippen molar-refractivity contribution in [3.8, 4) is 0 Å². The minimum Gasteiger partial charge on any atom is -0.358 e. The maximum absolute atomic E-state index is 12.9. The summed E-state index contributed by atoms with van der Waals surface area (Å²) in [6, 6.07) is 3.95. The van der Waals surface area contributed by atoms with Gasteiger partial charge in [-0.2, -0.15) is 4.31 Å². The van der Waals surface area contributed by atoms with E-state index < -0.39 is 21.9 Å². The van der Waals surface area contributed by atoms with Crippen LogP contribution >= 0.6 is 0 Å². The highest BCUT2D eigenvalue weighted by Crippen LogP contribution is 2.48. The van der Waals surface area contributed by atoms with E-state index in [9.17, 15) is 17.6 Å². The fourth-order valence-corrected chi connectivity index (χ4v) is 4.94. The predicted molar refractivity (Wildman–Crippen MR) is 69.8 cm³/mol. The van der Waals surface area contributed by atoms with Gasteiger partial charge in [0.05, 0.1) is 4.90 Å². The number of carbonyl (C=O) groups excluding carboxylic acids is 1. The third-order valence-corrected chi connectivity index (χ3v) is 6.08. The Labute approximate surface area is 116 Å². The minimum atomic E-state index is -3.76. The molecule has 108 valence electrons. The molecule has 0 spiro atoms. The van der Waals surface area contributed by atoms with E-state index in [0.717, 1.165) is 25.0 Å². The molecule has 1 aromatic carbocycles. The number of likely N-dealkylation sites (N-methyl/N-ethyl adjacent to an activating group) is 1. The van der Waals surface area contributed by atoms with Crippen LogP contribution in [0.3, 0.4) is 0 Å². The van der Waals surface area contributed by atoms with Gasteiger partial charge in [0.2, 0.25) is 15.9 Å². The molecule has 4 rings (SSSR count). The maximum atomic E-state index is 12.9. The third-order valence-electron chi connectivity index (χ3n) is 4.13. The number of sulfonamides is 1. The molecule has 1 aromatic rings. The molecule has 2 saturated heterocycles. The SMILES string of the molecule is CNC(=O)[C@@H]1C2CC(C2)N1S(=O)(=O)c1ccc(F)cc1. The lowest BCUT2D eigenvalue weighted by Crippen LogP contribution is -2.45. The molecule has 1 aliphatic carbocycles. The summed E-state index contributed by atoms with van der Waals surface area (Å²) in [7, 11) is -2.26. The Kier molecular flexibility index (Phi) is 3.06. The van der Waals surface area contributed by atoms with Crippen molar-refractivity contribution < 1.29 is 17.6 Å². The standard InChI is InChI=1S/C13H15FN2O3S/c1-15-13(17)12-8-6-10(7-8)16(12)20(18,19)11-4-2-9(14)3-5-11/h2-5,8,10,12H,6-7H2,1H3,(H,15,17)/t8?,10?,12-/m0/s1. The van der Waals surface area contributed by atoms with Gasteiger partial charge >= 0.3 is 0 Å². The van der Waals surface area contributed by atoms with Crippen molar-refractivity contribution in [1.82, 2.24) is 9.62 Å². The Balaban J connectivity index is 1.98. The van der Waals surface area contributed by atoms with Crippen LogP contribution in [-0.4, -0.2) is 37.8 Å². The zero-order valence-corrected chi connectivity index (χ0v) is 11.7. The number of hydrogen-bond acceptors (Lipinski definition) is 3. The fourth-order valence-electron chi connectivity index (χ4n) is 3.08. The van der Waals surface area contributed by atoms with E-state index in [1.54, 1.807) is 0 Å². The number of fused-ring (bicyclic) bond motifs is 1. The molecule has 2 aliphatic heterocycles. The molecule has 3 fully saturated rings. The van der Waals surface area contributed by atoms with Crippen LogP contribution in [-0.2, 0) is 14.8 Å². The molecule has 3 aliphatic rings. The summed E-state index contributed by atoms with van der Waals surface area (Å²) in [5.41, 5.74) is 0. The molecule has 0 aromatic heterocycles. The van der Waals surface area contributed by atoms with Crippen LogP contribution in [0.15, 0.2) is 29.2 Å². The highest BCUT2D eigenvalue weighted by Gasteiger charge is 2.58. The van der Waals surface area contributed by atoms with Crippen LogP contribution < -0.4 is 5.32 Å². The van der Waals surface area contributed by atoms with Gasteiger partial charge in [-0.25, -0.2) is 12.8 Å². The van der Waals surface area contributed by atoms with Crippen molar-refractivity contribution in [2.24, 2.45) is 5.92 Å². The van der Waals surface area contributed by atoms with E-state index in [1.807, 2.05) is 0 Å². The zero-order chi connectivity index (χ0) is 14.5. The summed E-state index contributed by atoms with van der Waals surface area (Å²) in [5.74, 6) is -0.673. The molecule has 1 atom stereocenters. The van der Waals surface area contributed by atoms with Gasteiger partial charge in [0.15, 0.2) is 0 Å². The number of benzene rings is 1. The van der Waals surface area contributed by atoms with E-state index in [0.29, 0.717) is 0 Å². The first-order valence-electron chi connectivity index (χ1n) is 6.46. The van der Waals surface area contributed by atoms with Gasteiger partial charge in [-0.1, -0.05) is 0 Å². The van der Waals surface area contributed by atoms with Crippen molar-refractivity contribution in [1.29, 1.82) is 0 Å². The molecule has 20 heavy (non-hydrogen) atoms. The van der Waals surface area contributed by atoms with E-state index >= 15 is 0 Å². The molecule has 1 amide bonds. The van der Waals surface area contributed by atoms with Crippen LogP contribution in [0.2, 0.25) is 0 Å². The smallest absolute Gasteiger partial charge is 0.244 e. The second kappa shape index (κ2) is 4.53. The second-order valence-corrected chi connectivity index (χ2v) is 7.08. The lowest BCUT2D eigenvalue weighted by Gasteiger charge is -2.25. The minimum absolute atomic E-state index is 0.0281. The molecule has 1 N–H and O–H groups in total. The van der Waals surface area contributed by atoms with Crippen LogP contribution in [0.4, 0.5) is 4.39 Å². The van der Waals surface area contributed by atoms with Crippen LogP contribution in [0.1, 0.15) is 12.8 Å². The van der Waals surface area contributed by atoms with E-state index in [1.165, 1.54) is 23.5 Å². The summed E-state index contributed by atoms with van der Waals surface area (Å²) in [5, 5.41) is 2.52. The van der Waals surface area contributed by atoms with Crippen LogP contribution in [0, 0.1) is 11.7 Å². The molecule has 0 radical (unpaired) electrons. The molecule has 7 heteroatoms. The number of nitrogens with one attached hydrogen (secondary N) is 1. The first-order valence-corrected chi connectivity index (χ1v) is 7.90. The topological polar surface area (TPSA) is 66.5 Å². The number of carbonyl (C=O) groups is 1. The van der Waals surface area contributed by atoms with E-state index in [-0.39, 0.29) is 22.8 Å². The summed E-state index contributed by atoms with van der Waals surface area (Å²) in [6.45, 7) is 0. The molecule has 5 nitrogen and oxygen atoms in total. The Morgan fingerprint density at radius 1 is 1.30 bits per heavy atom. The van der Waals surface area contributed by atoms with Gasteiger partial charge < -0.3 is 5.32 Å². The third kappa shape index (κ3) is 1.84. The Bertz CT molecular complexity index is 638. The van der Waals surface area contributed by atoms with Gasteiger partial charge in [0, 0.05) is 13.1 Å². The molecule has 1 saturated carbocycles. The highest BCUT2D eigenvalue weighted by molar-refractivity contribution is 7.89. The molecule has 2 heterocycles. The van der Waals surface area contributed by atoms with Crippen molar-refractivity contribution in [2.75, 3.05) is 7.05 Å². The summed E-state index contributed by atoms with van der Waals surface area (Å²) >= 11 is 0. The van der Waals surface area contributed by atoms with E-state index in [2.05, 4.69) is 5.32 Å². The number of hydrogen-bond donors (Lipinski definition) is 1. The lowest BCUT2D eigenvalue weighted by atomic mass is 9.83. The number of halogens is 1. The first-order chi connectivity index (χ1) is 9.45. The lowest BCUT2D eigenvalue weighted by molar-refractivity contribution is -0.124. The monoisotopic (exact) mass is 298 g/mol. The Morgan fingerprint density at radius 3 is 2.45 bits per heavy atom. The zero-order valence-electron chi connectivity index (χ0n) is 10.9. The van der Waals surface area contributed by atoms with Crippen LogP contribution in [0.5, 0.6) is 0 Å². The summed E-state index contributed by atoms with van der Waals surface area (Å²) < 4.78 is 39.5. The largest absolute Gasteiger partial charge is 0.358 e. The van der Waals surface area contributed by atoms with Crippen molar-refractivity contribution in [2.45, 2.75) is 29.8 Å². The van der Waals surface area contributed by atoms with Gasteiger partial charge in [-0.3, -0.25) is 4.79 Å². The average molecular weight is 298 g/mol. The van der Waals surface area contributed by atoms with Gasteiger partial charge in [0.1, 0.15) is 11.9 Å². The number of rotatable bonds is 3.